The van der Waals surface area contributed by atoms with Crippen LogP contribution in [0.25, 0.3) is 9.69 Å². The van der Waals surface area contributed by atoms with Gasteiger partial charge in [-0.25, -0.2) is 9.69 Å². The zero-order valence-corrected chi connectivity index (χ0v) is 20.6. The van der Waals surface area contributed by atoms with Crippen LogP contribution >= 0.6 is 0 Å². The highest BCUT2D eigenvalue weighted by Crippen LogP contribution is 2.33. The average Bonchev–Trinajstić information content (AvgIpc) is 2.74. The van der Waals surface area contributed by atoms with Crippen LogP contribution in [-0.2, 0) is 10.8 Å². The number of benzene rings is 2. The maximum atomic E-state index is 7.48. The lowest BCUT2D eigenvalue weighted by Gasteiger charge is -2.20. The van der Waals surface area contributed by atoms with E-state index in [1.54, 1.807) is 0 Å². The molecule has 0 atom stereocenters. The minimum absolute atomic E-state index is 0.0517. The molecule has 170 valence electrons. The van der Waals surface area contributed by atoms with Gasteiger partial charge in [-0.15, -0.1) is 0 Å². The first-order chi connectivity index (χ1) is 15.1. The molecule has 0 aliphatic carbocycles. The fourth-order valence-electron chi connectivity index (χ4n) is 3.53. The second-order valence-corrected chi connectivity index (χ2v) is 10.5. The summed E-state index contributed by atoms with van der Waals surface area (Å²) in [5.74, 6) is 0. The van der Waals surface area contributed by atoms with Crippen LogP contribution in [0.2, 0.25) is 0 Å². The third kappa shape index (κ3) is 7.31. The van der Waals surface area contributed by atoms with E-state index in [9.17, 15) is 0 Å². The van der Waals surface area contributed by atoms with Gasteiger partial charge in [0.25, 0.3) is 0 Å². The number of nitrogens with one attached hydrogen (secondary N) is 2. The molecule has 4 nitrogen and oxygen atoms in total. The van der Waals surface area contributed by atoms with Crippen molar-refractivity contribution in [3.8, 4) is 0 Å². The average molecular weight is 431 g/mol. The zero-order chi connectivity index (χ0) is 23.8. The number of hydrogen-bond acceptors (Lipinski definition) is 2. The van der Waals surface area contributed by atoms with Crippen molar-refractivity contribution in [3.05, 3.63) is 70.4 Å². The Balaban J connectivity index is 1.72. The van der Waals surface area contributed by atoms with Gasteiger partial charge in [-0.05, 0) is 35.8 Å². The smallest absolute Gasteiger partial charge is 0.209 e. The van der Waals surface area contributed by atoms with Gasteiger partial charge in [0, 0.05) is 24.5 Å². The topological polar surface area (TPSA) is 32.8 Å². The van der Waals surface area contributed by atoms with Crippen molar-refractivity contribution in [1.29, 1.82) is 0 Å². The number of unbranched alkanes of at least 4 members (excludes halogenated alkanes) is 3. The van der Waals surface area contributed by atoms with Crippen molar-refractivity contribution in [2.75, 3.05) is 23.7 Å². The minimum Gasteiger partial charge on any atom is -0.394 e. The second-order valence-electron chi connectivity index (χ2n) is 10.5. The van der Waals surface area contributed by atoms with E-state index in [4.69, 9.17) is 13.1 Å². The molecule has 0 fully saturated rings. The molecule has 2 N–H and O–H groups in total. The van der Waals surface area contributed by atoms with E-state index in [1.165, 1.54) is 11.1 Å². The third-order valence-electron chi connectivity index (χ3n) is 5.70. The summed E-state index contributed by atoms with van der Waals surface area (Å²) in [5.41, 5.74) is 5.75. The highest BCUT2D eigenvalue weighted by molar-refractivity contribution is 5.71. The highest BCUT2D eigenvalue weighted by Gasteiger charge is 2.16. The summed E-state index contributed by atoms with van der Waals surface area (Å²) in [7, 11) is 0. The van der Waals surface area contributed by atoms with Gasteiger partial charge in [0.2, 0.25) is 11.4 Å². The molecule has 4 heteroatoms. The summed E-state index contributed by atoms with van der Waals surface area (Å²) < 4.78 is 0. The van der Waals surface area contributed by atoms with Gasteiger partial charge < -0.3 is 10.6 Å². The van der Waals surface area contributed by atoms with Gasteiger partial charge in [-0.2, -0.15) is 0 Å². The third-order valence-corrected chi connectivity index (χ3v) is 5.70. The fraction of sp³-hybridized carbons (Fsp3) is 0.500. The molecule has 0 amide bonds. The molecule has 0 aromatic heterocycles. The van der Waals surface area contributed by atoms with Crippen molar-refractivity contribution >= 4 is 22.7 Å². The normalized spacial score (nSPS) is 11.5. The molecule has 2 aromatic rings. The van der Waals surface area contributed by atoms with E-state index >= 15 is 0 Å². The van der Waals surface area contributed by atoms with Crippen LogP contribution in [0.1, 0.15) is 78.4 Å². The van der Waals surface area contributed by atoms with E-state index in [0.29, 0.717) is 11.4 Å². The number of anilines is 2. The Bertz CT molecular complexity index is 897. The predicted octanol–water partition coefficient (Wildman–Crippen LogP) is 8.47. The van der Waals surface area contributed by atoms with Crippen molar-refractivity contribution in [1.82, 2.24) is 0 Å². The minimum atomic E-state index is 0.0517. The fourth-order valence-corrected chi connectivity index (χ4v) is 3.53. The standard InChI is InChI=1S/C28H38N4/c1-27(2,3)21-13-15-23(25(19-21)29-7)31-17-11-9-10-12-18-32-24-16-14-22(28(4,5)6)20-26(24)30-8/h13-16,19-20,31-32H,9-12,17-18H2,1-6H3. The molecule has 0 heterocycles. The Labute approximate surface area is 195 Å². The van der Waals surface area contributed by atoms with Crippen LogP contribution in [0.5, 0.6) is 0 Å². The summed E-state index contributed by atoms with van der Waals surface area (Å²) in [6.45, 7) is 29.7. The Morgan fingerprint density at radius 3 is 1.31 bits per heavy atom. The molecule has 32 heavy (non-hydrogen) atoms. The lowest BCUT2D eigenvalue weighted by atomic mass is 9.86. The van der Waals surface area contributed by atoms with Crippen LogP contribution in [0.3, 0.4) is 0 Å². The van der Waals surface area contributed by atoms with Gasteiger partial charge in [-0.1, -0.05) is 89.8 Å². The van der Waals surface area contributed by atoms with Gasteiger partial charge in [-0.3, -0.25) is 0 Å². The Hall–Kier alpha value is -2.98. The lowest BCUT2D eigenvalue weighted by molar-refractivity contribution is 0.590. The molecule has 0 aliphatic heterocycles. The zero-order valence-electron chi connectivity index (χ0n) is 20.6. The molecule has 2 aromatic carbocycles. The Morgan fingerprint density at radius 2 is 1.00 bits per heavy atom. The van der Waals surface area contributed by atoms with Crippen molar-refractivity contribution in [2.24, 2.45) is 0 Å². The van der Waals surface area contributed by atoms with E-state index in [2.05, 4.69) is 74.0 Å². The van der Waals surface area contributed by atoms with Crippen LogP contribution in [0.15, 0.2) is 36.4 Å². The molecular weight excluding hydrogens is 392 g/mol. The van der Waals surface area contributed by atoms with E-state index < -0.39 is 0 Å². The lowest BCUT2D eigenvalue weighted by Crippen LogP contribution is -2.11. The largest absolute Gasteiger partial charge is 0.394 e. The van der Waals surface area contributed by atoms with Gasteiger partial charge >= 0.3 is 0 Å². The molecule has 0 saturated carbocycles. The number of nitrogens with zero attached hydrogens (tertiary/aromatic N) is 2. The summed E-state index contributed by atoms with van der Waals surface area (Å²) in [6.07, 6.45) is 4.43. The second kappa shape index (κ2) is 11.1. The van der Waals surface area contributed by atoms with Gasteiger partial charge in [0.1, 0.15) is 0 Å². The Morgan fingerprint density at radius 1 is 0.625 bits per heavy atom. The molecule has 0 saturated heterocycles. The Kier molecular flexibility index (Phi) is 8.73. The van der Waals surface area contributed by atoms with E-state index in [0.717, 1.165) is 50.1 Å². The van der Waals surface area contributed by atoms with Crippen LogP contribution in [-0.4, -0.2) is 13.1 Å². The molecule has 0 aliphatic rings. The van der Waals surface area contributed by atoms with Crippen molar-refractivity contribution in [2.45, 2.75) is 78.1 Å². The van der Waals surface area contributed by atoms with Crippen LogP contribution in [0.4, 0.5) is 22.7 Å². The van der Waals surface area contributed by atoms with Gasteiger partial charge in [0.05, 0.1) is 13.1 Å². The first-order valence-corrected chi connectivity index (χ1v) is 11.6. The summed E-state index contributed by atoms with van der Waals surface area (Å²) in [6, 6.07) is 12.3. The first kappa shape index (κ1) is 25.3. The molecule has 0 bridgehead atoms. The molecule has 0 unspecified atom stereocenters. The number of rotatable bonds is 9. The summed E-state index contributed by atoms with van der Waals surface area (Å²) >= 11 is 0. The highest BCUT2D eigenvalue weighted by atomic mass is 14.9. The molecule has 0 spiro atoms. The van der Waals surface area contributed by atoms with E-state index in [1.807, 2.05) is 24.3 Å². The van der Waals surface area contributed by atoms with Crippen molar-refractivity contribution < 1.29 is 0 Å². The van der Waals surface area contributed by atoms with Crippen LogP contribution < -0.4 is 10.6 Å². The van der Waals surface area contributed by atoms with E-state index in [-0.39, 0.29) is 10.8 Å². The molecular formula is C28H38N4. The van der Waals surface area contributed by atoms with Gasteiger partial charge in [0.15, 0.2) is 0 Å². The molecule has 0 radical (unpaired) electrons. The first-order valence-electron chi connectivity index (χ1n) is 11.6. The monoisotopic (exact) mass is 430 g/mol. The van der Waals surface area contributed by atoms with Crippen LogP contribution in [0, 0.1) is 13.1 Å². The molecule has 2 rings (SSSR count). The maximum Gasteiger partial charge on any atom is 0.209 e. The quantitative estimate of drug-likeness (QED) is 0.309. The summed E-state index contributed by atoms with van der Waals surface area (Å²) in [5, 5.41) is 6.86. The SMILES string of the molecule is [C-]#[N+]c1cc(C(C)(C)C)ccc1NCCCCCCNc1ccc(C(C)(C)C)cc1[N+]#[C-]. The van der Waals surface area contributed by atoms with Crippen molar-refractivity contribution in [3.63, 3.8) is 0 Å². The maximum absolute atomic E-state index is 7.48. The predicted molar refractivity (Wildman–Crippen MR) is 138 cm³/mol. The number of hydrogen-bond donors (Lipinski definition) is 2. The summed E-state index contributed by atoms with van der Waals surface area (Å²) in [4.78, 5) is 7.41.